The molecule has 2 rings (SSSR count). The molecule has 1 aliphatic heterocycles. The monoisotopic (exact) mass is 221 g/mol. The van der Waals surface area contributed by atoms with Crippen LogP contribution in [0.25, 0.3) is 0 Å². The summed E-state index contributed by atoms with van der Waals surface area (Å²) >= 11 is 0. The number of hydrogen-bond acceptors (Lipinski definition) is 3. The van der Waals surface area contributed by atoms with Crippen LogP contribution in [0.4, 0.5) is 5.69 Å². The lowest BCUT2D eigenvalue weighted by atomic mass is 9.98. The molecule has 1 fully saturated rings. The minimum atomic E-state index is 0.114. The molecule has 1 atom stereocenters. The van der Waals surface area contributed by atoms with Crippen molar-refractivity contribution in [2.24, 2.45) is 0 Å². The molecule has 0 aromatic heterocycles. The van der Waals surface area contributed by atoms with Crippen LogP contribution in [-0.4, -0.2) is 30.8 Å². The Balaban J connectivity index is 2.12. The highest BCUT2D eigenvalue weighted by Gasteiger charge is 2.36. The van der Waals surface area contributed by atoms with Crippen molar-refractivity contribution in [3.05, 3.63) is 24.3 Å². The Morgan fingerprint density at radius 2 is 2.12 bits per heavy atom. The van der Waals surface area contributed by atoms with Gasteiger partial charge < -0.3 is 14.7 Å². The lowest BCUT2D eigenvalue weighted by Gasteiger charge is -2.40. The highest BCUT2D eigenvalue weighted by atomic mass is 16.5. The molecule has 1 N–H and O–H groups in total. The second-order valence-electron chi connectivity index (χ2n) is 3.83. The zero-order valence-corrected chi connectivity index (χ0v) is 9.22. The molecule has 1 aromatic carbocycles. The van der Waals surface area contributed by atoms with E-state index in [9.17, 15) is 4.79 Å². The van der Waals surface area contributed by atoms with Gasteiger partial charge in [-0.05, 0) is 30.7 Å². The Hall–Kier alpha value is -1.55. The summed E-state index contributed by atoms with van der Waals surface area (Å²) in [6.07, 6.45) is 1.17. The van der Waals surface area contributed by atoms with Crippen LogP contribution in [0.15, 0.2) is 24.3 Å². The van der Waals surface area contributed by atoms with Crippen molar-refractivity contribution in [2.75, 3.05) is 18.6 Å². The van der Waals surface area contributed by atoms with Crippen LogP contribution in [0.2, 0.25) is 0 Å². The Labute approximate surface area is 94.4 Å². The van der Waals surface area contributed by atoms with E-state index in [1.165, 1.54) is 0 Å². The first kappa shape index (κ1) is 11.0. The topological polar surface area (TPSA) is 49.8 Å². The Morgan fingerprint density at radius 3 is 2.62 bits per heavy atom. The van der Waals surface area contributed by atoms with Crippen LogP contribution in [-0.2, 0) is 4.79 Å². The van der Waals surface area contributed by atoms with E-state index in [-0.39, 0.29) is 18.6 Å². The van der Waals surface area contributed by atoms with Gasteiger partial charge in [-0.1, -0.05) is 0 Å². The van der Waals surface area contributed by atoms with Crippen molar-refractivity contribution >= 4 is 11.6 Å². The average molecular weight is 221 g/mol. The first-order valence-electron chi connectivity index (χ1n) is 5.33. The molecule has 1 saturated heterocycles. The molecule has 1 amide bonds. The van der Waals surface area contributed by atoms with Crippen molar-refractivity contribution in [1.29, 1.82) is 0 Å². The number of benzene rings is 1. The zero-order chi connectivity index (χ0) is 11.5. The SMILES string of the molecule is COc1ccc(N2C(=O)CC2CCO)cc1. The predicted octanol–water partition coefficient (Wildman–Crippen LogP) is 1.18. The number of rotatable bonds is 4. The quantitative estimate of drug-likeness (QED) is 0.777. The van der Waals surface area contributed by atoms with Gasteiger partial charge in [0.15, 0.2) is 0 Å². The maximum atomic E-state index is 11.5. The summed E-state index contributed by atoms with van der Waals surface area (Å²) in [5, 5.41) is 8.88. The summed E-state index contributed by atoms with van der Waals surface area (Å²) in [4.78, 5) is 13.2. The number of carbonyl (C=O) groups excluding carboxylic acids is 1. The summed E-state index contributed by atoms with van der Waals surface area (Å²) in [7, 11) is 1.61. The predicted molar refractivity (Wildman–Crippen MR) is 60.6 cm³/mol. The number of nitrogens with zero attached hydrogens (tertiary/aromatic N) is 1. The van der Waals surface area contributed by atoms with Crippen molar-refractivity contribution in [3.8, 4) is 5.75 Å². The summed E-state index contributed by atoms with van der Waals surface area (Å²) in [6.45, 7) is 0.116. The summed E-state index contributed by atoms with van der Waals surface area (Å²) in [5.41, 5.74) is 0.871. The van der Waals surface area contributed by atoms with E-state index < -0.39 is 0 Å². The van der Waals surface area contributed by atoms with Crippen LogP contribution in [0, 0.1) is 0 Å². The van der Waals surface area contributed by atoms with Gasteiger partial charge in [0.2, 0.25) is 5.91 Å². The number of amides is 1. The van der Waals surface area contributed by atoms with E-state index in [0.717, 1.165) is 11.4 Å². The maximum Gasteiger partial charge on any atom is 0.229 e. The van der Waals surface area contributed by atoms with Gasteiger partial charge in [-0.15, -0.1) is 0 Å². The summed E-state index contributed by atoms with van der Waals surface area (Å²) in [6, 6.07) is 7.53. The number of ether oxygens (including phenoxy) is 1. The number of methoxy groups -OCH3 is 1. The average Bonchev–Trinajstić information content (AvgIpc) is 2.29. The first-order valence-corrected chi connectivity index (χ1v) is 5.33. The third-order valence-corrected chi connectivity index (χ3v) is 2.86. The molecular weight excluding hydrogens is 206 g/mol. The summed E-state index contributed by atoms with van der Waals surface area (Å²) in [5.74, 6) is 0.888. The van der Waals surface area contributed by atoms with Crippen LogP contribution in [0.1, 0.15) is 12.8 Å². The molecule has 86 valence electrons. The van der Waals surface area contributed by atoms with E-state index in [1.54, 1.807) is 12.0 Å². The second-order valence-corrected chi connectivity index (χ2v) is 3.83. The molecule has 0 bridgehead atoms. The van der Waals surface area contributed by atoms with Gasteiger partial charge in [-0.2, -0.15) is 0 Å². The standard InChI is InChI=1S/C12H15NO3/c1-16-11-4-2-9(3-5-11)13-10(6-7-14)8-12(13)15/h2-5,10,14H,6-8H2,1H3. The molecule has 1 heterocycles. The number of aliphatic hydroxyl groups is 1. The summed E-state index contributed by atoms with van der Waals surface area (Å²) < 4.78 is 5.06. The van der Waals surface area contributed by atoms with E-state index >= 15 is 0 Å². The number of hydrogen-bond donors (Lipinski definition) is 1. The lowest BCUT2D eigenvalue weighted by molar-refractivity contribution is -0.124. The fourth-order valence-electron chi connectivity index (χ4n) is 1.96. The highest BCUT2D eigenvalue weighted by Crippen LogP contribution is 2.30. The van der Waals surface area contributed by atoms with Gasteiger partial charge in [0.1, 0.15) is 5.75 Å². The molecule has 0 saturated carbocycles. The number of carbonyl (C=O) groups is 1. The van der Waals surface area contributed by atoms with E-state index in [1.807, 2.05) is 24.3 Å². The van der Waals surface area contributed by atoms with Gasteiger partial charge in [-0.25, -0.2) is 0 Å². The number of anilines is 1. The van der Waals surface area contributed by atoms with E-state index in [4.69, 9.17) is 9.84 Å². The van der Waals surface area contributed by atoms with Gasteiger partial charge in [0.05, 0.1) is 7.11 Å². The van der Waals surface area contributed by atoms with Crippen molar-refractivity contribution < 1.29 is 14.6 Å². The molecule has 1 aliphatic rings. The van der Waals surface area contributed by atoms with Crippen LogP contribution in [0.5, 0.6) is 5.75 Å². The van der Waals surface area contributed by atoms with Crippen LogP contribution >= 0.6 is 0 Å². The first-order chi connectivity index (χ1) is 7.76. The van der Waals surface area contributed by atoms with E-state index in [0.29, 0.717) is 12.8 Å². The number of aliphatic hydroxyl groups excluding tert-OH is 1. The minimum absolute atomic E-state index is 0.114. The van der Waals surface area contributed by atoms with Crippen molar-refractivity contribution in [2.45, 2.75) is 18.9 Å². The molecule has 4 nitrogen and oxygen atoms in total. The Kier molecular flexibility index (Phi) is 3.10. The van der Waals surface area contributed by atoms with Crippen LogP contribution < -0.4 is 9.64 Å². The Morgan fingerprint density at radius 1 is 1.44 bits per heavy atom. The number of β-lactam (4-membered cyclic amide) rings is 1. The third-order valence-electron chi connectivity index (χ3n) is 2.86. The molecule has 1 aromatic rings. The van der Waals surface area contributed by atoms with Gasteiger partial charge in [-0.3, -0.25) is 4.79 Å². The third kappa shape index (κ3) is 1.88. The largest absolute Gasteiger partial charge is 0.497 e. The van der Waals surface area contributed by atoms with Crippen molar-refractivity contribution in [3.63, 3.8) is 0 Å². The molecule has 4 heteroatoms. The molecule has 0 radical (unpaired) electrons. The normalized spacial score (nSPS) is 19.5. The van der Waals surface area contributed by atoms with Crippen molar-refractivity contribution in [1.82, 2.24) is 0 Å². The lowest BCUT2D eigenvalue weighted by Crippen LogP contribution is -2.53. The highest BCUT2D eigenvalue weighted by molar-refractivity contribution is 6.00. The van der Waals surface area contributed by atoms with Crippen LogP contribution in [0.3, 0.4) is 0 Å². The zero-order valence-electron chi connectivity index (χ0n) is 9.22. The maximum absolute atomic E-state index is 11.5. The fourth-order valence-corrected chi connectivity index (χ4v) is 1.96. The fraction of sp³-hybridized carbons (Fsp3) is 0.417. The molecular formula is C12H15NO3. The van der Waals surface area contributed by atoms with Gasteiger partial charge >= 0.3 is 0 Å². The molecule has 16 heavy (non-hydrogen) atoms. The van der Waals surface area contributed by atoms with Gasteiger partial charge in [0.25, 0.3) is 0 Å². The minimum Gasteiger partial charge on any atom is -0.497 e. The Bertz CT molecular complexity index is 374. The smallest absolute Gasteiger partial charge is 0.229 e. The second kappa shape index (κ2) is 4.53. The van der Waals surface area contributed by atoms with Gasteiger partial charge in [0, 0.05) is 24.8 Å². The van der Waals surface area contributed by atoms with E-state index in [2.05, 4.69) is 0 Å². The molecule has 0 aliphatic carbocycles. The molecule has 0 spiro atoms. The molecule has 1 unspecified atom stereocenters.